The molecule has 0 aliphatic carbocycles. The van der Waals surface area contributed by atoms with Crippen molar-refractivity contribution >= 4 is 5.97 Å². The summed E-state index contributed by atoms with van der Waals surface area (Å²) in [7, 11) is 0. The zero-order valence-corrected chi connectivity index (χ0v) is 9.10. The van der Waals surface area contributed by atoms with Crippen molar-refractivity contribution in [3.05, 3.63) is 18.2 Å². The second-order valence-corrected chi connectivity index (χ2v) is 4.42. The number of aromatic nitrogens is 2. The number of carboxylic acid groups (broad SMARTS) is 1. The lowest BCUT2D eigenvalue weighted by atomic mass is 9.96. The minimum atomic E-state index is -0.872. The summed E-state index contributed by atoms with van der Waals surface area (Å²) in [5, 5.41) is 12.3. The van der Waals surface area contributed by atoms with Crippen LogP contribution in [0, 0.1) is 0 Å². The predicted molar refractivity (Wildman–Crippen MR) is 57.8 cm³/mol. The summed E-state index contributed by atoms with van der Waals surface area (Å²) >= 11 is 0. The number of rotatable bonds is 5. The van der Waals surface area contributed by atoms with Crippen LogP contribution in [0.3, 0.4) is 0 Å². The number of aliphatic carboxylic acids is 1. The molecule has 2 rings (SSSR count). The van der Waals surface area contributed by atoms with Gasteiger partial charge in [-0.3, -0.25) is 10.1 Å². The minimum absolute atomic E-state index is 0.00194. The summed E-state index contributed by atoms with van der Waals surface area (Å²) in [6.45, 7) is 1.88. The highest BCUT2D eigenvalue weighted by atomic mass is 16.4. The van der Waals surface area contributed by atoms with E-state index in [0.29, 0.717) is 12.8 Å². The molecular formula is C10H16N4O2. The number of imidazole rings is 1. The molecule has 6 nitrogen and oxygen atoms in total. The van der Waals surface area contributed by atoms with Crippen LogP contribution < -0.4 is 11.1 Å². The zero-order chi connectivity index (χ0) is 11.8. The van der Waals surface area contributed by atoms with E-state index < -0.39 is 11.5 Å². The highest BCUT2D eigenvalue weighted by molar-refractivity contribution is 5.84. The Balaban J connectivity index is 2.06. The van der Waals surface area contributed by atoms with E-state index in [9.17, 15) is 9.90 Å². The maximum absolute atomic E-state index is 11.3. The molecule has 0 saturated carbocycles. The number of nitrogens with zero attached hydrogens (tertiary/aromatic N) is 1. The van der Waals surface area contributed by atoms with Crippen molar-refractivity contribution in [1.29, 1.82) is 0 Å². The topological polar surface area (TPSA) is 114 Å². The van der Waals surface area contributed by atoms with Crippen LogP contribution in [0.5, 0.6) is 0 Å². The monoisotopic (exact) mass is 224 g/mol. The number of carbonyl (C=O) groups is 1. The minimum Gasteiger partial charge on any atom is -0.480 e. The van der Waals surface area contributed by atoms with Crippen LogP contribution >= 0.6 is 0 Å². The maximum Gasteiger partial charge on any atom is 0.325 e. The summed E-state index contributed by atoms with van der Waals surface area (Å²) in [6, 6.07) is -0.0559. The molecule has 1 saturated heterocycles. The van der Waals surface area contributed by atoms with Gasteiger partial charge in [-0.15, -0.1) is 0 Å². The zero-order valence-electron chi connectivity index (χ0n) is 9.10. The van der Waals surface area contributed by atoms with Crippen LogP contribution in [0.1, 0.15) is 19.0 Å². The van der Waals surface area contributed by atoms with Crippen LogP contribution in [0.25, 0.3) is 0 Å². The first kappa shape index (κ1) is 11.1. The summed E-state index contributed by atoms with van der Waals surface area (Å²) in [5.41, 5.74) is 5.55. The van der Waals surface area contributed by atoms with Gasteiger partial charge in [0.1, 0.15) is 5.54 Å². The average Bonchev–Trinajstić information content (AvgIpc) is 2.65. The normalized spacial score (nSPS) is 30.0. The first-order valence-electron chi connectivity index (χ1n) is 5.29. The third-order valence-corrected chi connectivity index (χ3v) is 2.95. The predicted octanol–water partition coefficient (Wildman–Crippen LogP) is -0.515. The van der Waals surface area contributed by atoms with Gasteiger partial charge in [-0.2, -0.15) is 0 Å². The first-order chi connectivity index (χ1) is 7.54. The quantitative estimate of drug-likeness (QED) is 0.503. The molecule has 3 atom stereocenters. The first-order valence-corrected chi connectivity index (χ1v) is 5.29. The molecule has 1 aromatic heterocycles. The SMILES string of the molecule is CC(N)CC1N[C@@]1(Cc1c[nH]cn1)C(=O)O. The second kappa shape index (κ2) is 3.88. The maximum atomic E-state index is 11.3. The van der Waals surface area contributed by atoms with Gasteiger partial charge in [-0.25, -0.2) is 4.98 Å². The Morgan fingerprint density at radius 3 is 3.06 bits per heavy atom. The number of nitrogens with two attached hydrogens (primary N) is 1. The van der Waals surface area contributed by atoms with Gasteiger partial charge in [-0.1, -0.05) is 0 Å². The van der Waals surface area contributed by atoms with Gasteiger partial charge in [0.25, 0.3) is 0 Å². The number of carboxylic acids is 1. The molecule has 2 unspecified atom stereocenters. The van der Waals surface area contributed by atoms with E-state index in [1.165, 1.54) is 0 Å². The highest BCUT2D eigenvalue weighted by Crippen LogP contribution is 2.33. The molecule has 6 heteroatoms. The fraction of sp³-hybridized carbons (Fsp3) is 0.600. The molecule has 1 aliphatic heterocycles. The van der Waals surface area contributed by atoms with Gasteiger partial charge >= 0.3 is 5.97 Å². The summed E-state index contributed by atoms with van der Waals surface area (Å²) in [4.78, 5) is 18.1. The molecule has 16 heavy (non-hydrogen) atoms. The molecule has 1 aromatic rings. The lowest BCUT2D eigenvalue weighted by Crippen LogP contribution is -2.33. The van der Waals surface area contributed by atoms with Crippen molar-refractivity contribution < 1.29 is 9.90 Å². The van der Waals surface area contributed by atoms with Gasteiger partial charge in [0.15, 0.2) is 0 Å². The molecule has 0 amide bonds. The highest BCUT2D eigenvalue weighted by Gasteiger charge is 2.60. The van der Waals surface area contributed by atoms with Gasteiger partial charge in [0.05, 0.1) is 12.0 Å². The van der Waals surface area contributed by atoms with E-state index >= 15 is 0 Å². The summed E-state index contributed by atoms with van der Waals surface area (Å²) in [6.07, 6.45) is 4.32. The molecule has 0 aromatic carbocycles. The van der Waals surface area contributed by atoms with Crippen molar-refractivity contribution in [2.24, 2.45) is 5.73 Å². The fourth-order valence-electron chi connectivity index (χ4n) is 2.04. The van der Waals surface area contributed by atoms with E-state index in [1.807, 2.05) is 6.92 Å². The van der Waals surface area contributed by atoms with Crippen molar-refractivity contribution in [2.45, 2.75) is 37.4 Å². The molecule has 1 fully saturated rings. The lowest BCUT2D eigenvalue weighted by molar-refractivity contribution is -0.140. The molecule has 5 N–H and O–H groups in total. The average molecular weight is 224 g/mol. The van der Waals surface area contributed by atoms with E-state index in [4.69, 9.17) is 5.73 Å². The van der Waals surface area contributed by atoms with Gasteiger partial charge in [0, 0.05) is 24.7 Å². The Morgan fingerprint density at radius 1 is 1.81 bits per heavy atom. The van der Waals surface area contributed by atoms with Gasteiger partial charge in [0.2, 0.25) is 0 Å². The number of nitrogens with one attached hydrogen (secondary N) is 2. The van der Waals surface area contributed by atoms with E-state index in [2.05, 4.69) is 15.3 Å². The van der Waals surface area contributed by atoms with Crippen molar-refractivity contribution in [3.8, 4) is 0 Å². The van der Waals surface area contributed by atoms with Crippen LogP contribution in [0.15, 0.2) is 12.5 Å². The van der Waals surface area contributed by atoms with Crippen molar-refractivity contribution in [2.75, 3.05) is 0 Å². The number of aromatic amines is 1. The number of hydrogen-bond acceptors (Lipinski definition) is 4. The molecule has 0 radical (unpaired) electrons. The Hall–Kier alpha value is -1.40. The Labute approximate surface area is 93.3 Å². The smallest absolute Gasteiger partial charge is 0.325 e. The largest absolute Gasteiger partial charge is 0.480 e. The summed E-state index contributed by atoms with van der Waals surface area (Å²) < 4.78 is 0. The Morgan fingerprint density at radius 2 is 2.56 bits per heavy atom. The Bertz CT molecular complexity index is 376. The molecule has 0 bridgehead atoms. The molecule has 0 spiro atoms. The molecular weight excluding hydrogens is 208 g/mol. The second-order valence-electron chi connectivity index (χ2n) is 4.42. The Kier molecular flexibility index (Phi) is 2.69. The lowest BCUT2D eigenvalue weighted by Gasteiger charge is -2.09. The molecule has 1 aliphatic rings. The van der Waals surface area contributed by atoms with Crippen LogP contribution in [0.2, 0.25) is 0 Å². The van der Waals surface area contributed by atoms with Crippen LogP contribution in [0.4, 0.5) is 0 Å². The van der Waals surface area contributed by atoms with Gasteiger partial charge in [-0.05, 0) is 13.3 Å². The third kappa shape index (κ3) is 1.94. The fourth-order valence-corrected chi connectivity index (χ4v) is 2.04. The van der Waals surface area contributed by atoms with Crippen molar-refractivity contribution in [3.63, 3.8) is 0 Å². The number of hydrogen-bond donors (Lipinski definition) is 4. The van der Waals surface area contributed by atoms with Gasteiger partial charge < -0.3 is 15.8 Å². The van der Waals surface area contributed by atoms with Crippen molar-refractivity contribution in [1.82, 2.24) is 15.3 Å². The third-order valence-electron chi connectivity index (χ3n) is 2.95. The standard InChI is InChI=1S/C10H16N4O2/c1-6(11)2-8-10(14-8,9(15)16)3-7-4-12-5-13-7/h4-6,8,14H,2-3,11H2,1H3,(H,12,13)(H,15,16)/t6?,8?,10-/m1/s1. The molecule has 2 heterocycles. The van der Waals surface area contributed by atoms with E-state index in [0.717, 1.165) is 5.69 Å². The van der Waals surface area contributed by atoms with Crippen LogP contribution in [-0.2, 0) is 11.2 Å². The molecule has 88 valence electrons. The van der Waals surface area contributed by atoms with E-state index in [-0.39, 0.29) is 12.1 Å². The number of H-pyrrole nitrogens is 1. The van der Waals surface area contributed by atoms with E-state index in [1.54, 1.807) is 12.5 Å². The van der Waals surface area contributed by atoms with Crippen LogP contribution in [-0.4, -0.2) is 38.7 Å². The summed E-state index contributed by atoms with van der Waals surface area (Å²) in [5.74, 6) is -0.832.